The number of fused-ring (bicyclic) bond motifs is 1. The molecule has 2 aromatic carbocycles. The SMILES string of the molecule is CCCCc1cnc2c(OC)cccc2c1Nc1ccccc1OC. The van der Waals surface area contributed by atoms with Crippen molar-refractivity contribution >= 4 is 22.3 Å². The van der Waals surface area contributed by atoms with E-state index in [-0.39, 0.29) is 0 Å². The molecule has 1 N–H and O–H groups in total. The van der Waals surface area contributed by atoms with Crippen LogP contribution in [0, 0.1) is 0 Å². The van der Waals surface area contributed by atoms with Crippen LogP contribution in [0.25, 0.3) is 10.9 Å². The molecule has 0 aliphatic carbocycles. The standard InChI is InChI=1S/C21H24N2O2/c1-4-5-9-15-14-22-21-16(10-8-13-19(21)25-3)20(15)23-17-11-6-7-12-18(17)24-2/h6-8,10-14H,4-5,9H2,1-3H3,(H,22,23). The molecule has 0 bridgehead atoms. The summed E-state index contributed by atoms with van der Waals surface area (Å²) in [4.78, 5) is 4.65. The van der Waals surface area contributed by atoms with E-state index < -0.39 is 0 Å². The van der Waals surface area contributed by atoms with E-state index in [2.05, 4.69) is 23.3 Å². The van der Waals surface area contributed by atoms with Gasteiger partial charge in [0.15, 0.2) is 0 Å². The number of rotatable bonds is 7. The van der Waals surface area contributed by atoms with E-state index in [9.17, 15) is 0 Å². The van der Waals surface area contributed by atoms with Gasteiger partial charge in [0.2, 0.25) is 0 Å². The molecule has 0 saturated carbocycles. The van der Waals surface area contributed by atoms with Crippen molar-refractivity contribution in [3.05, 3.63) is 54.2 Å². The zero-order valence-electron chi connectivity index (χ0n) is 15.0. The van der Waals surface area contributed by atoms with E-state index in [1.54, 1.807) is 14.2 Å². The van der Waals surface area contributed by atoms with Crippen LogP contribution in [0.1, 0.15) is 25.3 Å². The highest BCUT2D eigenvalue weighted by Gasteiger charge is 2.13. The van der Waals surface area contributed by atoms with Crippen LogP contribution in [0.3, 0.4) is 0 Å². The van der Waals surface area contributed by atoms with Gasteiger partial charge in [-0.1, -0.05) is 37.6 Å². The smallest absolute Gasteiger partial charge is 0.145 e. The number of anilines is 2. The second kappa shape index (κ2) is 7.88. The lowest BCUT2D eigenvalue weighted by Crippen LogP contribution is -2.01. The number of aryl methyl sites for hydroxylation is 1. The highest BCUT2D eigenvalue weighted by atomic mass is 16.5. The van der Waals surface area contributed by atoms with Gasteiger partial charge in [-0.3, -0.25) is 4.98 Å². The molecule has 4 heteroatoms. The molecule has 3 rings (SSSR count). The Kier molecular flexibility index (Phi) is 5.39. The van der Waals surface area contributed by atoms with Gasteiger partial charge in [0.05, 0.1) is 25.6 Å². The number of para-hydroxylation sites is 3. The molecule has 0 unspecified atom stereocenters. The normalized spacial score (nSPS) is 10.7. The Morgan fingerprint density at radius 1 is 0.960 bits per heavy atom. The fraction of sp³-hybridized carbons (Fsp3) is 0.286. The van der Waals surface area contributed by atoms with Crippen LogP contribution in [0.2, 0.25) is 0 Å². The number of ether oxygens (including phenoxy) is 2. The molecule has 25 heavy (non-hydrogen) atoms. The average Bonchev–Trinajstić information content (AvgIpc) is 2.67. The van der Waals surface area contributed by atoms with Gasteiger partial charge >= 0.3 is 0 Å². The van der Waals surface area contributed by atoms with E-state index in [0.29, 0.717) is 0 Å². The van der Waals surface area contributed by atoms with Gasteiger partial charge in [0, 0.05) is 11.6 Å². The highest BCUT2D eigenvalue weighted by molar-refractivity contribution is 5.98. The third-order valence-electron chi connectivity index (χ3n) is 4.33. The molecule has 0 aliphatic rings. The predicted molar refractivity (Wildman–Crippen MR) is 103 cm³/mol. The topological polar surface area (TPSA) is 43.4 Å². The molecule has 0 aliphatic heterocycles. The fourth-order valence-corrected chi connectivity index (χ4v) is 2.99. The Morgan fingerprint density at radius 2 is 1.72 bits per heavy atom. The Hall–Kier alpha value is -2.75. The first-order valence-corrected chi connectivity index (χ1v) is 8.63. The number of hydrogen-bond acceptors (Lipinski definition) is 4. The molecule has 1 heterocycles. The summed E-state index contributed by atoms with van der Waals surface area (Å²) in [6, 6.07) is 14.0. The summed E-state index contributed by atoms with van der Waals surface area (Å²) < 4.78 is 11.0. The molecule has 1 aromatic heterocycles. The summed E-state index contributed by atoms with van der Waals surface area (Å²) in [6.45, 7) is 2.20. The van der Waals surface area contributed by atoms with Crippen LogP contribution < -0.4 is 14.8 Å². The van der Waals surface area contributed by atoms with E-state index in [1.807, 2.05) is 42.6 Å². The number of methoxy groups -OCH3 is 2. The maximum atomic E-state index is 5.49. The molecule has 0 saturated heterocycles. The molecule has 0 radical (unpaired) electrons. The van der Waals surface area contributed by atoms with Crippen molar-refractivity contribution < 1.29 is 9.47 Å². The van der Waals surface area contributed by atoms with Crippen LogP contribution >= 0.6 is 0 Å². The van der Waals surface area contributed by atoms with Gasteiger partial charge in [-0.25, -0.2) is 0 Å². The van der Waals surface area contributed by atoms with Gasteiger partial charge in [0.25, 0.3) is 0 Å². The van der Waals surface area contributed by atoms with Crippen molar-refractivity contribution in [2.24, 2.45) is 0 Å². The maximum Gasteiger partial charge on any atom is 0.145 e. The first kappa shape index (κ1) is 17.1. The lowest BCUT2D eigenvalue weighted by molar-refractivity contribution is 0.417. The van der Waals surface area contributed by atoms with Crippen molar-refractivity contribution in [2.45, 2.75) is 26.2 Å². The van der Waals surface area contributed by atoms with Crippen molar-refractivity contribution in [1.82, 2.24) is 4.98 Å². The quantitative estimate of drug-likeness (QED) is 0.632. The Morgan fingerprint density at radius 3 is 2.48 bits per heavy atom. The maximum absolute atomic E-state index is 5.49. The molecule has 3 aromatic rings. The first-order valence-electron chi connectivity index (χ1n) is 8.63. The van der Waals surface area contributed by atoms with Crippen molar-refractivity contribution in [1.29, 1.82) is 0 Å². The van der Waals surface area contributed by atoms with Crippen molar-refractivity contribution in [3.63, 3.8) is 0 Å². The summed E-state index contributed by atoms with van der Waals surface area (Å²) in [5, 5.41) is 4.63. The molecular weight excluding hydrogens is 312 g/mol. The predicted octanol–water partition coefficient (Wildman–Crippen LogP) is 5.34. The summed E-state index contributed by atoms with van der Waals surface area (Å²) in [6.07, 6.45) is 5.20. The lowest BCUT2D eigenvalue weighted by atomic mass is 10.0. The van der Waals surface area contributed by atoms with Crippen LogP contribution in [-0.4, -0.2) is 19.2 Å². The third kappa shape index (κ3) is 3.53. The second-order valence-electron chi connectivity index (χ2n) is 5.94. The summed E-state index contributed by atoms with van der Waals surface area (Å²) >= 11 is 0. The molecule has 0 spiro atoms. The molecule has 0 fully saturated rings. The van der Waals surface area contributed by atoms with E-state index in [4.69, 9.17) is 9.47 Å². The number of aromatic nitrogens is 1. The van der Waals surface area contributed by atoms with Crippen LogP contribution in [0.5, 0.6) is 11.5 Å². The zero-order valence-corrected chi connectivity index (χ0v) is 15.0. The van der Waals surface area contributed by atoms with E-state index in [1.165, 1.54) is 5.56 Å². The highest BCUT2D eigenvalue weighted by Crippen LogP contribution is 2.36. The Labute approximate surface area is 148 Å². The molecule has 0 amide bonds. The van der Waals surface area contributed by atoms with Crippen molar-refractivity contribution in [2.75, 3.05) is 19.5 Å². The zero-order chi connectivity index (χ0) is 17.6. The third-order valence-corrected chi connectivity index (χ3v) is 4.33. The first-order chi connectivity index (χ1) is 12.3. The van der Waals surface area contributed by atoms with Crippen LogP contribution in [-0.2, 0) is 6.42 Å². The van der Waals surface area contributed by atoms with Gasteiger partial charge in [0.1, 0.15) is 17.0 Å². The lowest BCUT2D eigenvalue weighted by Gasteiger charge is -2.17. The monoisotopic (exact) mass is 336 g/mol. The average molecular weight is 336 g/mol. The minimum atomic E-state index is 0.780. The molecular formula is C21H24N2O2. The summed E-state index contributed by atoms with van der Waals surface area (Å²) in [7, 11) is 3.36. The van der Waals surface area contributed by atoms with Crippen LogP contribution in [0.4, 0.5) is 11.4 Å². The van der Waals surface area contributed by atoms with Gasteiger partial charge in [-0.05, 0) is 36.6 Å². The minimum Gasteiger partial charge on any atom is -0.495 e. The summed E-state index contributed by atoms with van der Waals surface area (Å²) in [5.41, 5.74) is 4.08. The van der Waals surface area contributed by atoms with Crippen LogP contribution in [0.15, 0.2) is 48.7 Å². The Balaban J connectivity index is 2.15. The van der Waals surface area contributed by atoms with Gasteiger partial charge in [-0.2, -0.15) is 0 Å². The largest absolute Gasteiger partial charge is 0.495 e. The number of hydrogen-bond donors (Lipinski definition) is 1. The van der Waals surface area contributed by atoms with E-state index >= 15 is 0 Å². The van der Waals surface area contributed by atoms with Gasteiger partial charge < -0.3 is 14.8 Å². The fourth-order valence-electron chi connectivity index (χ4n) is 2.99. The second-order valence-corrected chi connectivity index (χ2v) is 5.94. The number of unbranched alkanes of at least 4 members (excludes halogenated alkanes) is 1. The number of nitrogens with zero attached hydrogens (tertiary/aromatic N) is 1. The van der Waals surface area contributed by atoms with Crippen molar-refractivity contribution in [3.8, 4) is 11.5 Å². The minimum absolute atomic E-state index is 0.780. The molecule has 0 atom stereocenters. The number of benzene rings is 2. The Bertz CT molecular complexity index is 862. The summed E-state index contributed by atoms with van der Waals surface area (Å²) in [5.74, 6) is 1.60. The number of nitrogens with one attached hydrogen (secondary N) is 1. The van der Waals surface area contributed by atoms with E-state index in [0.717, 1.165) is 53.0 Å². The number of pyridine rings is 1. The van der Waals surface area contributed by atoms with Gasteiger partial charge in [-0.15, -0.1) is 0 Å². The molecule has 4 nitrogen and oxygen atoms in total. The molecule has 130 valence electrons.